The second kappa shape index (κ2) is 7.14. The number of rotatable bonds is 3. The quantitative estimate of drug-likeness (QED) is 0.512. The van der Waals surface area contributed by atoms with E-state index in [1.807, 2.05) is 0 Å². The molecular formula is C22H13F3N2O3. The van der Waals surface area contributed by atoms with Crippen LogP contribution in [0.1, 0.15) is 36.6 Å². The second-order valence-corrected chi connectivity index (χ2v) is 6.67. The van der Waals surface area contributed by atoms with Crippen LogP contribution in [0.25, 0.3) is 0 Å². The van der Waals surface area contributed by atoms with Crippen molar-refractivity contribution < 1.29 is 27.6 Å². The average Bonchev–Trinajstić information content (AvgIpc) is 2.98. The molecule has 1 heterocycles. The maximum atomic E-state index is 13.8. The van der Waals surface area contributed by atoms with Gasteiger partial charge in [-0.3, -0.25) is 14.4 Å². The van der Waals surface area contributed by atoms with Gasteiger partial charge in [-0.15, -0.1) is 0 Å². The Labute approximate surface area is 168 Å². The first-order valence-electron chi connectivity index (χ1n) is 8.83. The van der Waals surface area contributed by atoms with E-state index in [1.165, 1.54) is 18.2 Å². The van der Waals surface area contributed by atoms with Crippen LogP contribution in [0.15, 0.2) is 54.6 Å². The van der Waals surface area contributed by atoms with Crippen molar-refractivity contribution in [3.63, 3.8) is 0 Å². The highest BCUT2D eigenvalue weighted by Crippen LogP contribution is 2.31. The van der Waals surface area contributed by atoms with E-state index in [9.17, 15) is 27.6 Å². The molecule has 4 rings (SSSR count). The van der Waals surface area contributed by atoms with Crippen molar-refractivity contribution >= 4 is 29.1 Å². The summed E-state index contributed by atoms with van der Waals surface area (Å²) >= 11 is 0. The third kappa shape index (κ3) is 3.02. The van der Waals surface area contributed by atoms with Crippen LogP contribution < -0.4 is 10.2 Å². The van der Waals surface area contributed by atoms with Crippen molar-refractivity contribution in [2.24, 2.45) is 0 Å². The van der Waals surface area contributed by atoms with Crippen molar-refractivity contribution in [1.29, 1.82) is 0 Å². The first kappa shape index (κ1) is 19.4. The molecule has 1 aliphatic rings. The molecule has 1 aliphatic heterocycles. The fourth-order valence-corrected chi connectivity index (χ4v) is 3.23. The van der Waals surface area contributed by atoms with Gasteiger partial charge in [-0.1, -0.05) is 18.2 Å². The fraction of sp³-hybridized carbons (Fsp3) is 0.0455. The lowest BCUT2D eigenvalue weighted by Crippen LogP contribution is -2.29. The monoisotopic (exact) mass is 410 g/mol. The molecule has 0 atom stereocenters. The molecule has 0 bridgehead atoms. The third-order valence-corrected chi connectivity index (χ3v) is 4.79. The molecule has 0 saturated heterocycles. The molecule has 0 aliphatic carbocycles. The van der Waals surface area contributed by atoms with Crippen molar-refractivity contribution in [3.05, 3.63) is 94.3 Å². The van der Waals surface area contributed by atoms with E-state index in [-0.39, 0.29) is 16.7 Å². The molecule has 3 aromatic carbocycles. The molecular weight excluding hydrogens is 397 g/mol. The van der Waals surface area contributed by atoms with Crippen LogP contribution in [0, 0.1) is 24.4 Å². The Bertz CT molecular complexity index is 1240. The van der Waals surface area contributed by atoms with Crippen LogP contribution in [0.4, 0.5) is 24.5 Å². The lowest BCUT2D eigenvalue weighted by molar-refractivity contribution is 0.0925. The zero-order chi connectivity index (χ0) is 21.6. The first-order chi connectivity index (χ1) is 14.3. The molecule has 1 N–H and O–H groups in total. The third-order valence-electron chi connectivity index (χ3n) is 4.79. The Balaban J connectivity index is 1.66. The van der Waals surface area contributed by atoms with Gasteiger partial charge in [-0.25, -0.2) is 18.1 Å². The van der Waals surface area contributed by atoms with E-state index < -0.39 is 40.9 Å². The standard InChI is InChI=1S/C22H13F3N2O3/c1-11-4-2-3-5-17(11)27-21(29)13-7-6-12(10-14(13)22(27)30)20(28)26-16-9-8-15(23)18(24)19(16)25/h2-10H,1H3,(H,26,28). The Hall–Kier alpha value is -3.94. The minimum atomic E-state index is -1.71. The highest BCUT2D eigenvalue weighted by Gasteiger charge is 2.37. The number of para-hydroxylation sites is 1. The first-order valence-corrected chi connectivity index (χ1v) is 8.83. The van der Waals surface area contributed by atoms with Gasteiger partial charge in [0.05, 0.1) is 22.5 Å². The van der Waals surface area contributed by atoms with Gasteiger partial charge in [-0.2, -0.15) is 0 Å². The lowest BCUT2D eigenvalue weighted by Gasteiger charge is -2.16. The van der Waals surface area contributed by atoms with Crippen LogP contribution >= 0.6 is 0 Å². The molecule has 0 aromatic heterocycles. The van der Waals surface area contributed by atoms with Crippen LogP contribution in [-0.2, 0) is 0 Å². The van der Waals surface area contributed by atoms with Crippen molar-refractivity contribution in [2.45, 2.75) is 6.92 Å². The van der Waals surface area contributed by atoms with Crippen LogP contribution in [0.5, 0.6) is 0 Å². The Kier molecular flexibility index (Phi) is 4.62. The smallest absolute Gasteiger partial charge is 0.266 e. The number of amides is 3. The van der Waals surface area contributed by atoms with Crippen molar-refractivity contribution in [3.8, 4) is 0 Å². The minimum Gasteiger partial charge on any atom is -0.319 e. The molecule has 8 heteroatoms. The predicted octanol–water partition coefficient (Wildman–Crippen LogP) is 4.47. The van der Waals surface area contributed by atoms with Gasteiger partial charge in [-0.05, 0) is 48.9 Å². The minimum absolute atomic E-state index is 0.0154. The number of carbonyl (C=O) groups excluding carboxylic acids is 3. The number of hydrogen-bond donors (Lipinski definition) is 1. The van der Waals surface area contributed by atoms with E-state index >= 15 is 0 Å². The number of carbonyl (C=O) groups is 3. The topological polar surface area (TPSA) is 66.5 Å². The van der Waals surface area contributed by atoms with Crippen molar-refractivity contribution in [1.82, 2.24) is 0 Å². The van der Waals surface area contributed by atoms with Crippen LogP contribution in [0.2, 0.25) is 0 Å². The number of aryl methyl sites for hydroxylation is 1. The number of benzene rings is 3. The highest BCUT2D eigenvalue weighted by atomic mass is 19.2. The summed E-state index contributed by atoms with van der Waals surface area (Å²) in [7, 11) is 0. The summed E-state index contributed by atoms with van der Waals surface area (Å²) in [5, 5.41) is 2.13. The number of nitrogens with one attached hydrogen (secondary N) is 1. The summed E-state index contributed by atoms with van der Waals surface area (Å²) in [5.74, 6) is -6.61. The zero-order valence-electron chi connectivity index (χ0n) is 15.5. The van der Waals surface area contributed by atoms with Crippen molar-refractivity contribution in [2.75, 3.05) is 10.2 Å². The Morgan fingerprint density at radius 2 is 1.57 bits per heavy atom. The largest absolute Gasteiger partial charge is 0.319 e. The maximum Gasteiger partial charge on any atom is 0.266 e. The average molecular weight is 410 g/mol. The molecule has 0 fully saturated rings. The van der Waals surface area contributed by atoms with Gasteiger partial charge >= 0.3 is 0 Å². The van der Waals surface area contributed by atoms with Gasteiger partial charge in [0.15, 0.2) is 17.5 Å². The van der Waals surface area contributed by atoms with Gasteiger partial charge < -0.3 is 5.32 Å². The molecule has 0 unspecified atom stereocenters. The molecule has 0 spiro atoms. The van der Waals surface area contributed by atoms with Gasteiger partial charge in [0.1, 0.15) is 0 Å². The van der Waals surface area contributed by atoms with Crippen LogP contribution in [-0.4, -0.2) is 17.7 Å². The normalized spacial score (nSPS) is 12.9. The molecule has 3 amide bonds. The van der Waals surface area contributed by atoms with Gasteiger partial charge in [0.2, 0.25) is 0 Å². The Morgan fingerprint density at radius 3 is 2.30 bits per heavy atom. The summed E-state index contributed by atoms with van der Waals surface area (Å²) < 4.78 is 40.2. The van der Waals surface area contributed by atoms with E-state index in [1.54, 1.807) is 31.2 Å². The lowest BCUT2D eigenvalue weighted by atomic mass is 10.1. The zero-order valence-corrected chi connectivity index (χ0v) is 15.5. The predicted molar refractivity (Wildman–Crippen MR) is 103 cm³/mol. The fourth-order valence-electron chi connectivity index (χ4n) is 3.23. The highest BCUT2D eigenvalue weighted by molar-refractivity contribution is 6.35. The van der Waals surface area contributed by atoms with Gasteiger partial charge in [0, 0.05) is 5.56 Å². The number of hydrogen-bond acceptors (Lipinski definition) is 3. The summed E-state index contributed by atoms with van der Waals surface area (Å²) in [6, 6.07) is 12.2. The number of imide groups is 1. The summed E-state index contributed by atoms with van der Waals surface area (Å²) in [4.78, 5) is 39.1. The Morgan fingerprint density at radius 1 is 0.867 bits per heavy atom. The molecule has 150 valence electrons. The van der Waals surface area contributed by atoms with E-state index in [0.717, 1.165) is 16.5 Å². The molecule has 0 saturated carbocycles. The van der Waals surface area contributed by atoms with Crippen LogP contribution in [0.3, 0.4) is 0 Å². The number of nitrogens with zero attached hydrogens (tertiary/aromatic N) is 1. The number of halogens is 3. The molecule has 0 radical (unpaired) electrons. The molecule has 5 nitrogen and oxygen atoms in total. The van der Waals surface area contributed by atoms with E-state index in [4.69, 9.17) is 0 Å². The SMILES string of the molecule is Cc1ccccc1N1C(=O)c2ccc(C(=O)Nc3ccc(F)c(F)c3F)cc2C1=O. The summed E-state index contributed by atoms with van der Waals surface area (Å²) in [6.07, 6.45) is 0. The van der Waals surface area contributed by atoms with E-state index in [0.29, 0.717) is 11.8 Å². The number of fused-ring (bicyclic) bond motifs is 1. The molecule has 3 aromatic rings. The van der Waals surface area contributed by atoms with E-state index in [2.05, 4.69) is 5.32 Å². The van der Waals surface area contributed by atoms with Gasteiger partial charge in [0.25, 0.3) is 17.7 Å². The number of anilines is 2. The second-order valence-electron chi connectivity index (χ2n) is 6.67. The summed E-state index contributed by atoms with van der Waals surface area (Å²) in [5.41, 5.74) is 0.687. The summed E-state index contributed by atoms with van der Waals surface area (Å²) in [6.45, 7) is 1.76. The molecule has 30 heavy (non-hydrogen) atoms. The maximum absolute atomic E-state index is 13.8.